The van der Waals surface area contributed by atoms with Crippen molar-refractivity contribution in [3.63, 3.8) is 0 Å². The van der Waals surface area contributed by atoms with Crippen molar-refractivity contribution in [3.05, 3.63) is 67.3 Å². The quantitative estimate of drug-likeness (QED) is 0.204. The van der Waals surface area contributed by atoms with Gasteiger partial charge in [0.25, 0.3) is 31.8 Å². The smallest absolute Gasteiger partial charge is 0.263 e. The third-order valence-electron chi connectivity index (χ3n) is 4.87. The summed E-state index contributed by atoms with van der Waals surface area (Å²) in [6.45, 7) is 0. The number of aromatic nitrogens is 4. The van der Waals surface area contributed by atoms with E-state index in [1.165, 1.54) is 88.6 Å². The van der Waals surface area contributed by atoms with Gasteiger partial charge in [-0.15, -0.1) is 0 Å². The lowest BCUT2D eigenvalue weighted by molar-refractivity contribution is 0.342. The molecule has 0 radical (unpaired) electrons. The highest BCUT2D eigenvalue weighted by atomic mass is 32.2. The largest absolute Gasteiger partial charge is 0.489 e. The summed E-state index contributed by atoms with van der Waals surface area (Å²) in [6, 6.07) is 11.6. The molecule has 0 bridgehead atoms. The Bertz CT molecular complexity index is 1650. The molecule has 0 aliphatic rings. The van der Waals surface area contributed by atoms with Crippen LogP contribution < -0.4 is 35.1 Å². The monoisotopic (exact) mass is 590 g/mol. The fraction of sp³-hybridized carbons (Fsp3) is 0.130. The zero-order valence-corrected chi connectivity index (χ0v) is 23.1. The fourth-order valence-electron chi connectivity index (χ4n) is 2.97. The fourth-order valence-corrected chi connectivity index (χ4v) is 4.99. The first-order valence-electron chi connectivity index (χ1n) is 11.1. The van der Waals surface area contributed by atoms with Crippen LogP contribution in [0.3, 0.4) is 0 Å². The van der Waals surface area contributed by atoms with Gasteiger partial charge in [-0.05, 0) is 48.5 Å². The molecule has 0 spiro atoms. The molecule has 0 unspecified atom stereocenters. The first-order chi connectivity index (χ1) is 19.0. The maximum atomic E-state index is 12.3. The molecule has 0 aliphatic carbocycles. The van der Waals surface area contributed by atoms with Crippen LogP contribution in [0.2, 0.25) is 0 Å². The van der Waals surface area contributed by atoms with E-state index in [9.17, 15) is 16.8 Å². The van der Waals surface area contributed by atoms with E-state index in [0.29, 0.717) is 11.4 Å². The van der Waals surface area contributed by atoms with Crippen LogP contribution in [0, 0.1) is 0 Å². The predicted molar refractivity (Wildman–Crippen MR) is 147 cm³/mol. The van der Waals surface area contributed by atoms with Gasteiger partial charge >= 0.3 is 0 Å². The highest BCUT2D eigenvalue weighted by Gasteiger charge is 2.20. The summed E-state index contributed by atoms with van der Waals surface area (Å²) in [7, 11) is -3.43. The van der Waals surface area contributed by atoms with Crippen molar-refractivity contribution >= 4 is 43.1 Å². The molecule has 17 heteroatoms. The van der Waals surface area contributed by atoms with Crippen molar-refractivity contribution in [2.45, 2.75) is 9.79 Å². The Morgan fingerprint density at radius 1 is 0.600 bits per heavy atom. The van der Waals surface area contributed by atoms with Crippen LogP contribution in [-0.4, -0.2) is 58.1 Å². The molecule has 2 heterocycles. The molecule has 0 saturated carbocycles. The number of nitrogen functional groups attached to an aromatic ring is 2. The number of sulfonamides is 2. The third kappa shape index (κ3) is 7.35. The molecule has 0 fully saturated rings. The van der Waals surface area contributed by atoms with Crippen molar-refractivity contribution < 1.29 is 31.0 Å². The van der Waals surface area contributed by atoms with Crippen molar-refractivity contribution in [2.75, 3.05) is 42.2 Å². The highest BCUT2D eigenvalue weighted by molar-refractivity contribution is 7.93. The standard InChI is InChI=1S/C12H14N4O4S.C11H12N4O3S/c1-19-10-11(14-7-15-12(10)20-2)16-21(17,18)9-5-3-8(13)4-6-9;1-18-11-10(13-6-7-14-11)15-19(16,17)9-4-2-8(12)3-5-9/h3-7H,13H2,1-2H3,(H,14,15,16);2-7H,12H2,1H3,(H,13,15). The summed E-state index contributed by atoms with van der Waals surface area (Å²) in [5.74, 6) is 0.339. The molecule has 0 amide bonds. The van der Waals surface area contributed by atoms with Gasteiger partial charge < -0.3 is 25.7 Å². The van der Waals surface area contributed by atoms with Crippen molar-refractivity contribution in [1.29, 1.82) is 0 Å². The molecule has 15 nitrogen and oxygen atoms in total. The second-order valence-corrected chi connectivity index (χ2v) is 10.9. The maximum Gasteiger partial charge on any atom is 0.263 e. The van der Waals surface area contributed by atoms with Gasteiger partial charge in [-0.25, -0.2) is 31.8 Å². The molecular weight excluding hydrogens is 564 g/mol. The number of nitrogens with one attached hydrogen (secondary N) is 2. The van der Waals surface area contributed by atoms with Crippen LogP contribution in [0.25, 0.3) is 0 Å². The van der Waals surface area contributed by atoms with E-state index < -0.39 is 20.0 Å². The van der Waals surface area contributed by atoms with Gasteiger partial charge in [-0.3, -0.25) is 9.44 Å². The van der Waals surface area contributed by atoms with Crippen LogP contribution in [0.5, 0.6) is 17.5 Å². The minimum absolute atomic E-state index is 0.0128. The topological polar surface area (TPSA) is 224 Å². The van der Waals surface area contributed by atoms with E-state index >= 15 is 0 Å². The van der Waals surface area contributed by atoms with Gasteiger partial charge in [0.05, 0.1) is 31.1 Å². The Morgan fingerprint density at radius 3 is 1.55 bits per heavy atom. The molecule has 0 aliphatic heterocycles. The lowest BCUT2D eigenvalue weighted by Crippen LogP contribution is -2.15. The summed E-state index contributed by atoms with van der Waals surface area (Å²) >= 11 is 0. The Labute approximate surface area is 230 Å². The molecule has 0 saturated heterocycles. The van der Waals surface area contributed by atoms with E-state index in [4.69, 9.17) is 25.7 Å². The van der Waals surface area contributed by atoms with Crippen molar-refractivity contribution in [3.8, 4) is 17.5 Å². The molecule has 0 atom stereocenters. The molecule has 6 N–H and O–H groups in total. The lowest BCUT2D eigenvalue weighted by atomic mass is 10.3. The Balaban J connectivity index is 0.000000222. The average Bonchev–Trinajstić information content (AvgIpc) is 2.93. The van der Waals surface area contributed by atoms with Crippen LogP contribution in [0.15, 0.2) is 77.0 Å². The summed E-state index contributed by atoms with van der Waals surface area (Å²) in [6.07, 6.45) is 3.94. The molecule has 2 aromatic carbocycles. The summed E-state index contributed by atoms with van der Waals surface area (Å²) < 4.78 is 68.4. The summed E-state index contributed by atoms with van der Waals surface area (Å²) in [4.78, 5) is 15.6. The van der Waals surface area contributed by atoms with Gasteiger partial charge in [-0.1, -0.05) is 0 Å². The van der Waals surface area contributed by atoms with Crippen molar-refractivity contribution in [2.24, 2.45) is 0 Å². The minimum Gasteiger partial charge on any atom is -0.489 e. The zero-order valence-electron chi connectivity index (χ0n) is 21.5. The van der Waals surface area contributed by atoms with Gasteiger partial charge in [0.1, 0.15) is 6.33 Å². The van der Waals surface area contributed by atoms with Crippen LogP contribution in [0.4, 0.5) is 23.0 Å². The van der Waals surface area contributed by atoms with Gasteiger partial charge in [0.15, 0.2) is 5.82 Å². The Kier molecular flexibility index (Phi) is 9.46. The van der Waals surface area contributed by atoms with Gasteiger partial charge in [0, 0.05) is 23.8 Å². The Morgan fingerprint density at radius 2 is 1.07 bits per heavy atom. The number of hydrogen-bond donors (Lipinski definition) is 4. The van der Waals surface area contributed by atoms with Gasteiger partial charge in [-0.2, -0.15) is 4.98 Å². The van der Waals surface area contributed by atoms with E-state index in [1.807, 2.05) is 0 Å². The number of rotatable bonds is 9. The number of methoxy groups -OCH3 is 3. The number of benzene rings is 2. The first kappa shape index (κ1) is 29.7. The maximum absolute atomic E-state index is 12.3. The second-order valence-electron chi connectivity index (χ2n) is 7.53. The number of anilines is 4. The highest BCUT2D eigenvalue weighted by Crippen LogP contribution is 2.32. The van der Waals surface area contributed by atoms with Crippen LogP contribution in [0.1, 0.15) is 0 Å². The number of hydrogen-bond acceptors (Lipinski definition) is 13. The lowest BCUT2D eigenvalue weighted by Gasteiger charge is -2.12. The molecule has 40 heavy (non-hydrogen) atoms. The summed E-state index contributed by atoms with van der Waals surface area (Å²) in [5.41, 5.74) is 12.0. The average molecular weight is 591 g/mol. The SMILES string of the molecule is COc1nccnc1NS(=O)(=O)c1ccc(N)cc1.COc1ncnc(NS(=O)(=O)c2ccc(N)cc2)c1OC. The van der Waals surface area contributed by atoms with Crippen molar-refractivity contribution in [1.82, 2.24) is 19.9 Å². The normalized spacial score (nSPS) is 11.0. The Hall–Kier alpha value is -4.90. The molecule has 4 rings (SSSR count). The first-order valence-corrected chi connectivity index (χ1v) is 14.0. The molecule has 2 aromatic heterocycles. The summed E-state index contributed by atoms with van der Waals surface area (Å²) in [5, 5.41) is 0. The second kappa shape index (κ2) is 12.8. The van der Waals surface area contributed by atoms with E-state index in [-0.39, 0.29) is 38.9 Å². The number of ether oxygens (including phenoxy) is 3. The van der Waals surface area contributed by atoms with E-state index in [0.717, 1.165) is 0 Å². The number of nitrogens with zero attached hydrogens (tertiary/aromatic N) is 4. The zero-order chi connectivity index (χ0) is 29.3. The molecule has 4 aromatic rings. The predicted octanol–water partition coefficient (Wildman–Crippen LogP) is 1.74. The van der Waals surface area contributed by atoms with Crippen LogP contribution >= 0.6 is 0 Å². The minimum atomic E-state index is -3.82. The van der Waals surface area contributed by atoms with E-state index in [1.54, 1.807) is 0 Å². The van der Waals surface area contributed by atoms with Crippen LogP contribution in [-0.2, 0) is 20.0 Å². The van der Waals surface area contributed by atoms with Gasteiger partial charge in [0.2, 0.25) is 11.6 Å². The number of nitrogens with two attached hydrogens (primary N) is 2. The van der Waals surface area contributed by atoms with E-state index in [2.05, 4.69) is 29.4 Å². The molecule has 212 valence electrons. The third-order valence-corrected chi connectivity index (χ3v) is 7.58. The molecular formula is C23H26N8O7S2.